The average molecular weight is 185 g/mol. The van der Waals surface area contributed by atoms with Gasteiger partial charge < -0.3 is 11.1 Å². The van der Waals surface area contributed by atoms with Crippen LogP contribution in [0.5, 0.6) is 0 Å². The topological polar surface area (TPSA) is 38.0 Å². The van der Waals surface area contributed by atoms with Crippen molar-refractivity contribution in [2.24, 2.45) is 11.7 Å². The lowest BCUT2D eigenvalue weighted by Crippen LogP contribution is -2.64. The third-order valence-electron chi connectivity index (χ3n) is 2.30. The van der Waals surface area contributed by atoms with Gasteiger partial charge in [0, 0.05) is 12.1 Å². The molecule has 2 bridgehead atoms. The maximum atomic E-state index is 5.88. The normalized spacial score (nSPS) is 42.3. The number of hydrogen-bond acceptors (Lipinski definition) is 2. The summed E-state index contributed by atoms with van der Waals surface area (Å²) in [7, 11) is 0. The molecule has 3 N–H and O–H groups in total. The number of fused-ring (bicyclic) bond motifs is 2. The number of nitrogens with two attached hydrogens (primary N) is 1. The van der Waals surface area contributed by atoms with Crippen molar-refractivity contribution in [2.45, 2.75) is 18.4 Å². The van der Waals surface area contributed by atoms with E-state index in [0.29, 0.717) is 0 Å². The van der Waals surface area contributed by atoms with Gasteiger partial charge in [-0.15, -0.1) is 24.8 Å². The molecule has 3 rings (SSSR count). The van der Waals surface area contributed by atoms with Crippen LogP contribution in [0.4, 0.5) is 0 Å². The summed E-state index contributed by atoms with van der Waals surface area (Å²) in [6, 6.07) is 0. The van der Waals surface area contributed by atoms with Crippen LogP contribution in [-0.2, 0) is 0 Å². The smallest absolute Gasteiger partial charge is 0.0287 e. The van der Waals surface area contributed by atoms with E-state index in [1.165, 1.54) is 19.4 Å². The Kier molecular flexibility index (Phi) is 3.43. The molecule has 2 heterocycles. The van der Waals surface area contributed by atoms with Gasteiger partial charge in [0.15, 0.2) is 0 Å². The third kappa shape index (κ3) is 1.56. The fourth-order valence-electron chi connectivity index (χ4n) is 1.90. The van der Waals surface area contributed by atoms with Crippen LogP contribution < -0.4 is 11.1 Å². The van der Waals surface area contributed by atoms with Gasteiger partial charge in [-0.2, -0.15) is 0 Å². The molecular formula is C6H14Cl2N2. The molecule has 10 heavy (non-hydrogen) atoms. The Labute approximate surface area is 73.7 Å². The Hall–Kier alpha value is 0.500. The summed E-state index contributed by atoms with van der Waals surface area (Å²) in [4.78, 5) is 0. The molecule has 3 fully saturated rings. The summed E-state index contributed by atoms with van der Waals surface area (Å²) < 4.78 is 0. The molecule has 3 aliphatic rings. The van der Waals surface area contributed by atoms with E-state index < -0.39 is 0 Å². The van der Waals surface area contributed by atoms with Gasteiger partial charge in [0.25, 0.3) is 0 Å². The van der Waals surface area contributed by atoms with Crippen molar-refractivity contribution in [2.75, 3.05) is 13.1 Å². The van der Waals surface area contributed by atoms with E-state index in [-0.39, 0.29) is 30.4 Å². The van der Waals surface area contributed by atoms with Crippen LogP contribution in [0, 0.1) is 5.92 Å². The van der Waals surface area contributed by atoms with E-state index in [9.17, 15) is 0 Å². The number of piperidine rings is 2. The molecule has 2 aliphatic heterocycles. The van der Waals surface area contributed by atoms with Crippen molar-refractivity contribution in [3.05, 3.63) is 0 Å². The average Bonchev–Trinajstić information content (AvgIpc) is 1.63. The molecular weight excluding hydrogens is 171 g/mol. The van der Waals surface area contributed by atoms with Crippen LogP contribution in [0.3, 0.4) is 0 Å². The molecule has 1 saturated carbocycles. The fraction of sp³-hybridized carbons (Fsp3) is 1.00. The van der Waals surface area contributed by atoms with Gasteiger partial charge in [-0.25, -0.2) is 0 Å². The predicted octanol–water partition coefficient (Wildman–Crippen LogP) is 0.541. The summed E-state index contributed by atoms with van der Waals surface area (Å²) in [6.07, 6.45) is 2.53. The van der Waals surface area contributed by atoms with E-state index >= 15 is 0 Å². The first-order chi connectivity index (χ1) is 3.79. The number of halogens is 2. The zero-order valence-corrected chi connectivity index (χ0v) is 7.43. The second-order valence-corrected chi connectivity index (χ2v) is 3.27. The largest absolute Gasteiger partial charge is 0.324 e. The fourth-order valence-corrected chi connectivity index (χ4v) is 1.90. The highest BCUT2D eigenvalue weighted by Crippen LogP contribution is 2.37. The highest BCUT2D eigenvalue weighted by Gasteiger charge is 2.43. The van der Waals surface area contributed by atoms with Crippen LogP contribution in [0.15, 0.2) is 0 Å². The molecule has 0 spiro atoms. The van der Waals surface area contributed by atoms with Gasteiger partial charge in [0.1, 0.15) is 0 Å². The number of hydrogen-bond donors (Lipinski definition) is 2. The second-order valence-electron chi connectivity index (χ2n) is 3.27. The molecule has 0 atom stereocenters. The van der Waals surface area contributed by atoms with Crippen molar-refractivity contribution < 1.29 is 0 Å². The van der Waals surface area contributed by atoms with Gasteiger partial charge in [-0.1, -0.05) is 0 Å². The standard InChI is InChI=1S/C6H12N2.2ClH/c7-6-1-5(2-6)3-8-4-6;;/h5,8H,1-4,7H2;2*1H. The molecule has 0 aromatic carbocycles. The summed E-state index contributed by atoms with van der Waals surface area (Å²) in [5.74, 6) is 0.911. The number of rotatable bonds is 0. The lowest BCUT2D eigenvalue weighted by molar-refractivity contribution is 0.0973. The first-order valence-electron chi connectivity index (χ1n) is 3.28. The van der Waals surface area contributed by atoms with Gasteiger partial charge in [-0.05, 0) is 25.3 Å². The Bertz CT molecular complexity index is 107. The molecule has 2 saturated heterocycles. The van der Waals surface area contributed by atoms with Crippen molar-refractivity contribution in [1.82, 2.24) is 5.32 Å². The van der Waals surface area contributed by atoms with Gasteiger partial charge in [0.05, 0.1) is 0 Å². The summed E-state index contributed by atoms with van der Waals surface area (Å²) >= 11 is 0. The molecule has 62 valence electrons. The van der Waals surface area contributed by atoms with Gasteiger partial charge in [-0.3, -0.25) is 0 Å². The van der Waals surface area contributed by atoms with Crippen LogP contribution in [0.25, 0.3) is 0 Å². The van der Waals surface area contributed by atoms with Gasteiger partial charge in [0.2, 0.25) is 0 Å². The van der Waals surface area contributed by atoms with Crippen LogP contribution >= 0.6 is 24.8 Å². The van der Waals surface area contributed by atoms with Crippen LogP contribution in [-0.4, -0.2) is 18.6 Å². The Morgan fingerprint density at radius 2 is 1.90 bits per heavy atom. The summed E-state index contributed by atoms with van der Waals surface area (Å²) in [5.41, 5.74) is 6.09. The predicted molar refractivity (Wildman–Crippen MR) is 47.0 cm³/mol. The molecule has 0 amide bonds. The zero-order valence-electron chi connectivity index (χ0n) is 5.80. The second kappa shape index (κ2) is 3.26. The van der Waals surface area contributed by atoms with Crippen LogP contribution in [0.1, 0.15) is 12.8 Å². The Balaban J connectivity index is 0.000000405. The molecule has 2 nitrogen and oxygen atoms in total. The summed E-state index contributed by atoms with van der Waals surface area (Å²) in [5, 5.41) is 3.30. The molecule has 0 radical (unpaired) electrons. The van der Waals surface area contributed by atoms with Gasteiger partial charge >= 0.3 is 0 Å². The third-order valence-corrected chi connectivity index (χ3v) is 2.30. The first kappa shape index (κ1) is 10.5. The lowest BCUT2D eigenvalue weighted by Gasteiger charge is -2.50. The highest BCUT2D eigenvalue weighted by atomic mass is 35.5. The highest BCUT2D eigenvalue weighted by molar-refractivity contribution is 5.85. The summed E-state index contributed by atoms with van der Waals surface area (Å²) in [6.45, 7) is 2.25. The maximum Gasteiger partial charge on any atom is 0.0287 e. The van der Waals surface area contributed by atoms with Crippen LogP contribution in [0.2, 0.25) is 0 Å². The van der Waals surface area contributed by atoms with Crippen molar-refractivity contribution in [3.8, 4) is 0 Å². The minimum atomic E-state index is 0. The lowest BCUT2D eigenvalue weighted by atomic mass is 9.66. The maximum absolute atomic E-state index is 5.88. The minimum Gasteiger partial charge on any atom is -0.324 e. The first-order valence-corrected chi connectivity index (χ1v) is 3.28. The van der Waals surface area contributed by atoms with Crippen molar-refractivity contribution >= 4 is 24.8 Å². The molecule has 4 heteroatoms. The van der Waals surface area contributed by atoms with E-state index in [2.05, 4.69) is 5.32 Å². The zero-order chi connectivity index (χ0) is 5.61. The molecule has 0 aromatic rings. The van der Waals surface area contributed by atoms with E-state index in [1.54, 1.807) is 0 Å². The SMILES string of the molecule is Cl.Cl.NC12CNCC(C1)C2. The minimum absolute atomic E-state index is 0. The van der Waals surface area contributed by atoms with E-state index in [4.69, 9.17) is 5.73 Å². The molecule has 0 unspecified atom stereocenters. The van der Waals surface area contributed by atoms with E-state index in [1.807, 2.05) is 0 Å². The van der Waals surface area contributed by atoms with E-state index in [0.717, 1.165) is 12.5 Å². The Morgan fingerprint density at radius 3 is 2.10 bits per heavy atom. The molecule has 0 aromatic heterocycles. The monoisotopic (exact) mass is 184 g/mol. The number of nitrogens with one attached hydrogen (secondary N) is 1. The van der Waals surface area contributed by atoms with Crippen molar-refractivity contribution in [1.29, 1.82) is 0 Å². The molecule has 1 aliphatic carbocycles. The van der Waals surface area contributed by atoms with Crippen molar-refractivity contribution in [3.63, 3.8) is 0 Å². The quantitative estimate of drug-likeness (QED) is 0.578. The Morgan fingerprint density at radius 1 is 1.30 bits per heavy atom.